The van der Waals surface area contributed by atoms with E-state index in [9.17, 15) is 4.79 Å². The number of hydrogen-bond donors (Lipinski definition) is 1. The predicted octanol–water partition coefficient (Wildman–Crippen LogP) is 6.34. The molecule has 5 aromatic rings. The van der Waals surface area contributed by atoms with Crippen molar-refractivity contribution >= 4 is 22.5 Å². The number of fused-ring (bicyclic) bond motifs is 1. The third-order valence-corrected chi connectivity index (χ3v) is 5.24. The van der Waals surface area contributed by atoms with Gasteiger partial charge in [0.15, 0.2) is 5.76 Å². The zero-order valence-electron chi connectivity index (χ0n) is 16.8. The van der Waals surface area contributed by atoms with Crippen LogP contribution >= 0.6 is 0 Å². The molecule has 0 atom stereocenters. The lowest BCUT2D eigenvalue weighted by Gasteiger charge is -2.13. The van der Waals surface area contributed by atoms with E-state index in [4.69, 9.17) is 4.42 Å². The molecule has 0 spiro atoms. The van der Waals surface area contributed by atoms with Gasteiger partial charge in [-0.1, -0.05) is 66.7 Å². The first-order valence-corrected chi connectivity index (χ1v) is 10.1. The molecule has 4 heteroatoms. The summed E-state index contributed by atoms with van der Waals surface area (Å²) in [6, 6.07) is 31.2. The van der Waals surface area contributed by atoms with Gasteiger partial charge >= 0.3 is 0 Å². The van der Waals surface area contributed by atoms with E-state index < -0.39 is 0 Å². The highest BCUT2D eigenvalue weighted by Gasteiger charge is 2.16. The molecule has 3 aromatic carbocycles. The number of amides is 1. The molecule has 1 N–H and O–H groups in total. The number of furan rings is 1. The molecule has 0 saturated carbocycles. The first-order valence-electron chi connectivity index (χ1n) is 10.1. The van der Waals surface area contributed by atoms with Crippen molar-refractivity contribution in [2.24, 2.45) is 0 Å². The lowest BCUT2D eigenvalue weighted by Crippen LogP contribution is -2.14. The normalized spacial score (nSPS) is 10.8. The summed E-state index contributed by atoms with van der Waals surface area (Å²) < 4.78 is 5.51. The molecule has 0 aliphatic carbocycles. The highest BCUT2D eigenvalue weighted by Crippen LogP contribution is 2.27. The highest BCUT2D eigenvalue weighted by molar-refractivity contribution is 6.13. The maximum absolute atomic E-state index is 13.4. The summed E-state index contributed by atoms with van der Waals surface area (Å²) in [7, 11) is 0. The van der Waals surface area contributed by atoms with Crippen LogP contribution in [0.3, 0.4) is 0 Å². The smallest absolute Gasteiger partial charge is 0.256 e. The van der Waals surface area contributed by atoms with Gasteiger partial charge in [0.05, 0.1) is 17.3 Å². The minimum atomic E-state index is -0.174. The van der Waals surface area contributed by atoms with Crippen LogP contribution in [0.1, 0.15) is 21.5 Å². The predicted molar refractivity (Wildman–Crippen MR) is 123 cm³/mol. The Morgan fingerprint density at radius 1 is 0.839 bits per heavy atom. The molecular formula is C27H20N2O2. The maximum atomic E-state index is 13.4. The Bertz CT molecular complexity index is 1340. The van der Waals surface area contributed by atoms with Crippen LogP contribution in [-0.4, -0.2) is 10.9 Å². The summed E-state index contributed by atoms with van der Waals surface area (Å²) in [5, 5.41) is 3.92. The summed E-state index contributed by atoms with van der Waals surface area (Å²) in [5.41, 5.74) is 5.00. The van der Waals surface area contributed by atoms with Crippen molar-refractivity contribution in [2.45, 2.75) is 6.42 Å². The van der Waals surface area contributed by atoms with Crippen molar-refractivity contribution < 1.29 is 9.21 Å². The third-order valence-electron chi connectivity index (χ3n) is 5.24. The van der Waals surface area contributed by atoms with E-state index in [2.05, 4.69) is 22.4 Å². The number of nitrogens with one attached hydrogen (secondary N) is 1. The van der Waals surface area contributed by atoms with E-state index >= 15 is 0 Å². The van der Waals surface area contributed by atoms with Crippen molar-refractivity contribution in [2.75, 3.05) is 5.32 Å². The molecule has 31 heavy (non-hydrogen) atoms. The first-order chi connectivity index (χ1) is 15.3. The van der Waals surface area contributed by atoms with E-state index in [-0.39, 0.29) is 5.91 Å². The van der Waals surface area contributed by atoms with Crippen LogP contribution in [0.4, 0.5) is 5.69 Å². The molecule has 0 aliphatic rings. The topological polar surface area (TPSA) is 55.1 Å². The fourth-order valence-corrected chi connectivity index (χ4v) is 3.72. The molecule has 0 saturated heterocycles. The van der Waals surface area contributed by atoms with Gasteiger partial charge in [0, 0.05) is 11.1 Å². The van der Waals surface area contributed by atoms with Gasteiger partial charge in [-0.15, -0.1) is 0 Å². The zero-order chi connectivity index (χ0) is 21.0. The summed E-state index contributed by atoms with van der Waals surface area (Å²) in [5.74, 6) is 0.455. The van der Waals surface area contributed by atoms with E-state index in [1.165, 1.54) is 5.56 Å². The van der Waals surface area contributed by atoms with E-state index in [0.29, 0.717) is 17.0 Å². The molecule has 0 unspecified atom stereocenters. The largest absolute Gasteiger partial charge is 0.463 e. The SMILES string of the molecule is O=C(Nc1ccccc1Cc1ccccc1)c1cc(-c2ccco2)nc2ccccc12. The maximum Gasteiger partial charge on any atom is 0.256 e. The van der Waals surface area contributed by atoms with Crippen LogP contribution in [-0.2, 0) is 6.42 Å². The lowest BCUT2D eigenvalue weighted by molar-refractivity contribution is 0.102. The number of hydrogen-bond acceptors (Lipinski definition) is 3. The van der Waals surface area contributed by atoms with Gasteiger partial charge in [-0.05, 0) is 47.9 Å². The molecule has 1 amide bonds. The highest BCUT2D eigenvalue weighted by atomic mass is 16.3. The Morgan fingerprint density at radius 2 is 1.61 bits per heavy atom. The first kappa shape index (κ1) is 18.8. The Kier molecular flexibility index (Phi) is 5.03. The number of para-hydroxylation sites is 2. The van der Waals surface area contributed by atoms with Crippen LogP contribution in [0.25, 0.3) is 22.4 Å². The standard InChI is InChI=1S/C27H20N2O2/c30-27(29-23-13-6-4-11-20(23)17-19-9-2-1-3-10-19)22-18-25(26-15-8-16-31-26)28-24-14-7-5-12-21(22)24/h1-16,18H,17H2,(H,29,30). The van der Waals surface area contributed by atoms with Crippen LogP contribution in [0.2, 0.25) is 0 Å². The Labute approximate surface area is 180 Å². The van der Waals surface area contributed by atoms with Gasteiger partial charge in [0.2, 0.25) is 0 Å². The van der Waals surface area contributed by atoms with E-state index in [1.54, 1.807) is 12.3 Å². The summed E-state index contributed by atoms with van der Waals surface area (Å²) >= 11 is 0. The average molecular weight is 404 g/mol. The van der Waals surface area contributed by atoms with Gasteiger partial charge in [-0.2, -0.15) is 0 Å². The van der Waals surface area contributed by atoms with Crippen molar-refractivity contribution in [3.05, 3.63) is 120 Å². The molecule has 4 nitrogen and oxygen atoms in total. The molecule has 0 fully saturated rings. The second-order valence-corrected chi connectivity index (χ2v) is 7.32. The zero-order valence-corrected chi connectivity index (χ0v) is 16.8. The number of carbonyl (C=O) groups is 1. The molecule has 0 bridgehead atoms. The minimum absolute atomic E-state index is 0.174. The summed E-state index contributed by atoms with van der Waals surface area (Å²) in [6.07, 6.45) is 2.35. The van der Waals surface area contributed by atoms with Crippen LogP contribution < -0.4 is 5.32 Å². The fourth-order valence-electron chi connectivity index (χ4n) is 3.72. The summed E-state index contributed by atoms with van der Waals surface area (Å²) in [4.78, 5) is 18.1. The van der Waals surface area contributed by atoms with Crippen molar-refractivity contribution in [1.82, 2.24) is 4.98 Å². The average Bonchev–Trinajstić information content (AvgIpc) is 3.35. The molecular weight excluding hydrogens is 384 g/mol. The van der Waals surface area contributed by atoms with Gasteiger partial charge < -0.3 is 9.73 Å². The van der Waals surface area contributed by atoms with Gasteiger partial charge in [-0.3, -0.25) is 4.79 Å². The van der Waals surface area contributed by atoms with Crippen LogP contribution in [0.5, 0.6) is 0 Å². The number of rotatable bonds is 5. The molecule has 0 radical (unpaired) electrons. The third kappa shape index (κ3) is 3.96. The monoisotopic (exact) mass is 404 g/mol. The second-order valence-electron chi connectivity index (χ2n) is 7.32. The van der Waals surface area contributed by atoms with Crippen LogP contribution in [0.15, 0.2) is 108 Å². The molecule has 2 heterocycles. The molecule has 150 valence electrons. The number of aromatic nitrogens is 1. The quantitative estimate of drug-likeness (QED) is 0.372. The number of nitrogens with zero attached hydrogens (tertiary/aromatic N) is 1. The van der Waals surface area contributed by atoms with E-state index in [1.807, 2.05) is 78.9 Å². The Balaban J connectivity index is 1.52. The van der Waals surface area contributed by atoms with Crippen molar-refractivity contribution in [1.29, 1.82) is 0 Å². The number of benzene rings is 3. The van der Waals surface area contributed by atoms with Crippen molar-refractivity contribution in [3.8, 4) is 11.5 Å². The lowest BCUT2D eigenvalue weighted by atomic mass is 10.0. The molecule has 2 aromatic heterocycles. The van der Waals surface area contributed by atoms with Crippen molar-refractivity contribution in [3.63, 3.8) is 0 Å². The fraction of sp³-hybridized carbons (Fsp3) is 0.0370. The number of anilines is 1. The molecule has 0 aliphatic heterocycles. The Morgan fingerprint density at radius 3 is 2.45 bits per heavy atom. The van der Waals surface area contributed by atoms with Gasteiger partial charge in [0.1, 0.15) is 5.69 Å². The number of pyridine rings is 1. The number of carbonyl (C=O) groups excluding carboxylic acids is 1. The van der Waals surface area contributed by atoms with E-state index in [0.717, 1.165) is 28.6 Å². The minimum Gasteiger partial charge on any atom is -0.463 e. The summed E-state index contributed by atoms with van der Waals surface area (Å²) in [6.45, 7) is 0. The molecule has 5 rings (SSSR count). The van der Waals surface area contributed by atoms with Crippen LogP contribution in [0, 0.1) is 0 Å². The Hall–Kier alpha value is -4.18. The second kappa shape index (κ2) is 8.28. The van der Waals surface area contributed by atoms with Gasteiger partial charge in [-0.25, -0.2) is 4.98 Å². The van der Waals surface area contributed by atoms with Gasteiger partial charge in [0.25, 0.3) is 5.91 Å².